The first-order valence-electron chi connectivity index (χ1n) is 6.89. The maximum Gasteiger partial charge on any atom is 0.407 e. The zero-order chi connectivity index (χ0) is 15.3. The molecule has 0 saturated carbocycles. The molecule has 1 heterocycles. The SMILES string of the molecule is COC(=O)CC1C[C@H](C)[C@@H](NC(=O)OC(C)(C)C)CO1. The molecule has 0 aliphatic carbocycles. The summed E-state index contributed by atoms with van der Waals surface area (Å²) in [6.07, 6.45) is 0.369. The molecule has 0 aromatic carbocycles. The Kier molecular flexibility index (Phi) is 5.80. The minimum Gasteiger partial charge on any atom is -0.469 e. The number of carbonyl (C=O) groups excluding carboxylic acids is 2. The Labute approximate surface area is 120 Å². The van der Waals surface area contributed by atoms with Crippen LogP contribution in [0.1, 0.15) is 40.5 Å². The highest BCUT2D eigenvalue weighted by Crippen LogP contribution is 2.23. The molecule has 1 rings (SSSR count). The molecular formula is C14H25NO5. The highest BCUT2D eigenvalue weighted by atomic mass is 16.6. The molecular weight excluding hydrogens is 262 g/mol. The van der Waals surface area contributed by atoms with Crippen LogP contribution in [-0.2, 0) is 19.0 Å². The number of rotatable bonds is 3. The Morgan fingerprint density at radius 3 is 2.50 bits per heavy atom. The van der Waals surface area contributed by atoms with E-state index >= 15 is 0 Å². The average Bonchev–Trinajstić information content (AvgIpc) is 2.30. The second-order valence-corrected chi connectivity index (χ2v) is 6.20. The summed E-state index contributed by atoms with van der Waals surface area (Å²) in [5, 5.41) is 2.81. The van der Waals surface area contributed by atoms with E-state index in [0.29, 0.717) is 13.0 Å². The summed E-state index contributed by atoms with van der Waals surface area (Å²) in [5.74, 6) is -0.0633. The first-order valence-corrected chi connectivity index (χ1v) is 6.89. The van der Waals surface area contributed by atoms with Crippen LogP contribution >= 0.6 is 0 Å². The van der Waals surface area contributed by atoms with Gasteiger partial charge < -0.3 is 19.5 Å². The Balaban J connectivity index is 2.41. The fourth-order valence-electron chi connectivity index (χ4n) is 2.11. The maximum atomic E-state index is 11.7. The summed E-state index contributed by atoms with van der Waals surface area (Å²) in [6.45, 7) is 7.86. The molecule has 1 saturated heterocycles. The third kappa shape index (κ3) is 5.77. The average molecular weight is 287 g/mol. The van der Waals surface area contributed by atoms with E-state index in [9.17, 15) is 9.59 Å². The van der Waals surface area contributed by atoms with Crippen LogP contribution < -0.4 is 5.32 Å². The van der Waals surface area contributed by atoms with E-state index in [1.165, 1.54) is 7.11 Å². The van der Waals surface area contributed by atoms with Crippen molar-refractivity contribution in [2.45, 2.75) is 58.3 Å². The van der Waals surface area contributed by atoms with Gasteiger partial charge in [-0.2, -0.15) is 0 Å². The largest absolute Gasteiger partial charge is 0.469 e. The third-order valence-corrected chi connectivity index (χ3v) is 3.16. The second kappa shape index (κ2) is 6.92. The van der Waals surface area contributed by atoms with Crippen molar-refractivity contribution >= 4 is 12.1 Å². The number of amides is 1. The van der Waals surface area contributed by atoms with Crippen molar-refractivity contribution in [1.29, 1.82) is 0 Å². The molecule has 6 nitrogen and oxygen atoms in total. The van der Waals surface area contributed by atoms with E-state index in [2.05, 4.69) is 10.1 Å². The highest BCUT2D eigenvalue weighted by Gasteiger charge is 2.31. The van der Waals surface area contributed by atoms with Crippen LogP contribution in [0.2, 0.25) is 0 Å². The van der Waals surface area contributed by atoms with Crippen molar-refractivity contribution in [2.75, 3.05) is 13.7 Å². The molecule has 0 aromatic heterocycles. The van der Waals surface area contributed by atoms with Crippen molar-refractivity contribution in [1.82, 2.24) is 5.32 Å². The Morgan fingerprint density at radius 2 is 2.00 bits per heavy atom. The van der Waals surface area contributed by atoms with Crippen LogP contribution in [0, 0.1) is 5.92 Å². The highest BCUT2D eigenvalue weighted by molar-refractivity contribution is 5.70. The van der Waals surface area contributed by atoms with Gasteiger partial charge in [0.25, 0.3) is 0 Å². The number of hydrogen-bond donors (Lipinski definition) is 1. The fourth-order valence-corrected chi connectivity index (χ4v) is 2.11. The van der Waals surface area contributed by atoms with E-state index < -0.39 is 11.7 Å². The Hall–Kier alpha value is -1.30. The Bertz CT molecular complexity index is 350. The molecule has 20 heavy (non-hydrogen) atoms. The normalized spacial score (nSPS) is 26.8. The molecule has 0 spiro atoms. The molecule has 1 N–H and O–H groups in total. The lowest BCUT2D eigenvalue weighted by Gasteiger charge is -2.34. The lowest BCUT2D eigenvalue weighted by Crippen LogP contribution is -2.49. The zero-order valence-electron chi connectivity index (χ0n) is 12.9. The lowest BCUT2D eigenvalue weighted by atomic mass is 9.92. The van der Waals surface area contributed by atoms with E-state index in [-0.39, 0.29) is 30.5 Å². The van der Waals surface area contributed by atoms with Crippen LogP contribution in [-0.4, -0.2) is 43.5 Å². The summed E-state index contributed by atoms with van der Waals surface area (Å²) in [6, 6.07) is -0.0984. The van der Waals surface area contributed by atoms with Crippen LogP contribution in [0.25, 0.3) is 0 Å². The number of esters is 1. The van der Waals surface area contributed by atoms with Crippen LogP contribution in [0.5, 0.6) is 0 Å². The molecule has 1 unspecified atom stereocenters. The minimum atomic E-state index is -0.518. The van der Waals surface area contributed by atoms with Gasteiger partial charge in [0.1, 0.15) is 5.60 Å². The zero-order valence-corrected chi connectivity index (χ0v) is 12.9. The molecule has 3 atom stereocenters. The van der Waals surface area contributed by atoms with Crippen molar-refractivity contribution in [3.8, 4) is 0 Å². The van der Waals surface area contributed by atoms with Gasteiger partial charge in [-0.1, -0.05) is 6.92 Å². The van der Waals surface area contributed by atoms with Crippen molar-refractivity contribution in [2.24, 2.45) is 5.92 Å². The quantitative estimate of drug-likeness (QED) is 0.802. The third-order valence-electron chi connectivity index (χ3n) is 3.16. The summed E-state index contributed by atoms with van der Waals surface area (Å²) in [5.41, 5.74) is -0.518. The number of ether oxygens (including phenoxy) is 3. The van der Waals surface area contributed by atoms with E-state index in [4.69, 9.17) is 9.47 Å². The first kappa shape index (κ1) is 16.8. The van der Waals surface area contributed by atoms with Crippen LogP contribution in [0.4, 0.5) is 4.79 Å². The summed E-state index contributed by atoms with van der Waals surface area (Å²) < 4.78 is 15.4. The van der Waals surface area contributed by atoms with Gasteiger partial charge in [-0.25, -0.2) is 4.79 Å². The topological polar surface area (TPSA) is 73.9 Å². The molecule has 116 valence electrons. The van der Waals surface area contributed by atoms with Gasteiger partial charge in [0.2, 0.25) is 0 Å². The summed E-state index contributed by atoms with van der Waals surface area (Å²) >= 11 is 0. The van der Waals surface area contributed by atoms with E-state index in [0.717, 1.165) is 0 Å². The monoisotopic (exact) mass is 287 g/mol. The molecule has 1 fully saturated rings. The molecule has 0 bridgehead atoms. The van der Waals surface area contributed by atoms with E-state index in [1.807, 2.05) is 27.7 Å². The number of methoxy groups -OCH3 is 1. The number of carbonyl (C=O) groups is 2. The van der Waals surface area contributed by atoms with Gasteiger partial charge in [0.05, 0.1) is 32.3 Å². The van der Waals surface area contributed by atoms with Crippen molar-refractivity contribution in [3.63, 3.8) is 0 Å². The van der Waals surface area contributed by atoms with Crippen LogP contribution in [0.15, 0.2) is 0 Å². The van der Waals surface area contributed by atoms with Gasteiger partial charge in [0.15, 0.2) is 0 Å². The molecule has 1 aliphatic rings. The van der Waals surface area contributed by atoms with Crippen molar-refractivity contribution in [3.05, 3.63) is 0 Å². The smallest absolute Gasteiger partial charge is 0.407 e. The van der Waals surface area contributed by atoms with Gasteiger partial charge in [-0.15, -0.1) is 0 Å². The Morgan fingerprint density at radius 1 is 1.35 bits per heavy atom. The van der Waals surface area contributed by atoms with Crippen LogP contribution in [0.3, 0.4) is 0 Å². The molecule has 1 amide bonds. The minimum absolute atomic E-state index is 0.0984. The van der Waals surface area contributed by atoms with Gasteiger partial charge in [-0.05, 0) is 33.1 Å². The molecule has 1 aliphatic heterocycles. The maximum absolute atomic E-state index is 11.7. The van der Waals surface area contributed by atoms with Gasteiger partial charge in [-0.3, -0.25) is 4.79 Å². The molecule has 0 aromatic rings. The number of nitrogens with one attached hydrogen (secondary N) is 1. The second-order valence-electron chi connectivity index (χ2n) is 6.20. The number of alkyl carbamates (subject to hydrolysis) is 1. The van der Waals surface area contributed by atoms with Crippen molar-refractivity contribution < 1.29 is 23.8 Å². The predicted molar refractivity (Wildman–Crippen MR) is 73.3 cm³/mol. The van der Waals surface area contributed by atoms with E-state index in [1.54, 1.807) is 0 Å². The lowest BCUT2D eigenvalue weighted by molar-refractivity contribution is -0.145. The predicted octanol–water partition coefficient (Wildman–Crippen LogP) is 1.87. The standard InChI is InChI=1S/C14H25NO5/c1-9-6-10(7-12(16)18-5)19-8-11(9)15-13(17)20-14(2,3)4/h9-11H,6-8H2,1-5H3,(H,15,17)/t9-,10?,11-/m0/s1. The van der Waals surface area contributed by atoms with Gasteiger partial charge >= 0.3 is 12.1 Å². The molecule has 6 heteroatoms. The van der Waals surface area contributed by atoms with Gasteiger partial charge in [0, 0.05) is 0 Å². The first-order chi connectivity index (χ1) is 9.21. The molecule has 0 radical (unpaired) electrons. The summed E-state index contributed by atoms with van der Waals surface area (Å²) in [4.78, 5) is 22.9. The number of hydrogen-bond acceptors (Lipinski definition) is 5. The fraction of sp³-hybridized carbons (Fsp3) is 0.857. The summed E-state index contributed by atoms with van der Waals surface area (Å²) in [7, 11) is 1.36.